The Labute approximate surface area is 112 Å². The molecule has 1 amide bonds. The second-order valence-corrected chi connectivity index (χ2v) is 3.17. The van der Waals surface area contributed by atoms with Gasteiger partial charge in [-0.3, -0.25) is 4.79 Å². The third-order valence-electron chi connectivity index (χ3n) is 1.45. The summed E-state index contributed by atoms with van der Waals surface area (Å²) in [6.45, 7) is 4.32. The smallest absolute Gasteiger partial charge is 0.407 e. The van der Waals surface area contributed by atoms with Gasteiger partial charge >= 0.3 is 12.1 Å². The van der Waals surface area contributed by atoms with Gasteiger partial charge in [0.15, 0.2) is 0 Å². The zero-order chi connectivity index (χ0) is 11.7. The molecule has 0 aliphatic rings. The van der Waals surface area contributed by atoms with E-state index in [1.54, 1.807) is 13.8 Å². The molecular weight excluding hydrogens is 327 g/mol. The lowest BCUT2D eigenvalue weighted by atomic mass is 10.2. The normalized spacial score (nSPS) is 9.25. The van der Waals surface area contributed by atoms with Crippen LogP contribution in [0.15, 0.2) is 0 Å². The van der Waals surface area contributed by atoms with E-state index in [2.05, 4.69) is 5.32 Å². The summed E-state index contributed by atoms with van der Waals surface area (Å²) in [5.41, 5.74) is 5.17. The van der Waals surface area contributed by atoms with Crippen molar-refractivity contribution in [3.63, 3.8) is 0 Å². The van der Waals surface area contributed by atoms with Crippen molar-refractivity contribution in [2.75, 3.05) is 26.3 Å². The Balaban J connectivity index is 0. The number of alkyl carbamates (subject to hydrolysis) is 1. The molecule has 0 unspecified atom stereocenters. The largest absolute Gasteiger partial charge is 0.462 e. The van der Waals surface area contributed by atoms with E-state index >= 15 is 0 Å². The number of hydrogen-bond acceptors (Lipinski definition) is 5. The monoisotopic (exact) mass is 346 g/mol. The van der Waals surface area contributed by atoms with Crippen molar-refractivity contribution in [3.05, 3.63) is 0 Å². The van der Waals surface area contributed by atoms with Gasteiger partial charge in [-0.1, -0.05) is 13.8 Å². The first-order valence-electron chi connectivity index (χ1n) is 4.85. The number of hydrogen-bond donors (Lipinski definition) is 2. The molecule has 0 radical (unpaired) electrons. The minimum absolute atomic E-state index is 0. The molecular formula is C9H19IN2O4. The number of carbonyl (C=O) groups excluding carboxylic acids is 2. The Morgan fingerprint density at radius 3 is 2.31 bits per heavy atom. The molecule has 0 saturated carbocycles. The molecule has 0 fully saturated rings. The van der Waals surface area contributed by atoms with Crippen molar-refractivity contribution < 1.29 is 19.1 Å². The molecule has 0 aliphatic heterocycles. The molecule has 3 N–H and O–H groups in total. The van der Waals surface area contributed by atoms with Crippen LogP contribution in [0.5, 0.6) is 0 Å². The minimum Gasteiger partial charge on any atom is -0.462 e. The molecule has 0 aromatic carbocycles. The van der Waals surface area contributed by atoms with Gasteiger partial charge in [0.2, 0.25) is 0 Å². The summed E-state index contributed by atoms with van der Waals surface area (Å²) in [7, 11) is 0. The van der Waals surface area contributed by atoms with Crippen molar-refractivity contribution >= 4 is 36.0 Å². The summed E-state index contributed by atoms with van der Waals surface area (Å²) in [5, 5.41) is 2.42. The van der Waals surface area contributed by atoms with Gasteiger partial charge in [0, 0.05) is 13.1 Å². The molecule has 7 heteroatoms. The van der Waals surface area contributed by atoms with Crippen LogP contribution < -0.4 is 11.1 Å². The van der Waals surface area contributed by atoms with E-state index in [4.69, 9.17) is 15.2 Å². The van der Waals surface area contributed by atoms with Gasteiger partial charge in [0.1, 0.15) is 13.2 Å². The summed E-state index contributed by atoms with van der Waals surface area (Å²) in [5.74, 6) is -0.475. The highest BCUT2D eigenvalue weighted by Crippen LogP contribution is 1.95. The maximum absolute atomic E-state index is 11.0. The summed E-state index contributed by atoms with van der Waals surface area (Å²) in [4.78, 5) is 21.8. The summed E-state index contributed by atoms with van der Waals surface area (Å²) >= 11 is 0. The van der Waals surface area contributed by atoms with Gasteiger partial charge in [-0.25, -0.2) is 4.79 Å². The van der Waals surface area contributed by atoms with Crippen LogP contribution in [0, 0.1) is 5.92 Å². The quantitative estimate of drug-likeness (QED) is 0.415. The molecule has 0 saturated heterocycles. The third-order valence-corrected chi connectivity index (χ3v) is 1.45. The second kappa shape index (κ2) is 10.9. The number of nitrogens with two attached hydrogens (primary N) is 1. The molecule has 0 spiro atoms. The Bertz CT molecular complexity index is 212. The zero-order valence-electron chi connectivity index (χ0n) is 9.52. The SMILES string of the molecule is CC(C)C(=O)OCCOC(=O)NCCN.I. The summed E-state index contributed by atoms with van der Waals surface area (Å²) in [6, 6.07) is 0. The molecule has 0 aromatic heterocycles. The average Bonchev–Trinajstić information content (AvgIpc) is 2.20. The molecule has 0 heterocycles. The Hall–Kier alpha value is -0.570. The van der Waals surface area contributed by atoms with E-state index in [0.717, 1.165) is 0 Å². The van der Waals surface area contributed by atoms with Crippen LogP contribution in [0.3, 0.4) is 0 Å². The molecule has 0 rings (SSSR count). The lowest BCUT2D eigenvalue weighted by Gasteiger charge is -2.08. The standard InChI is InChI=1S/C9H18N2O4.HI/c1-7(2)8(12)14-5-6-15-9(13)11-4-3-10;/h7H,3-6,10H2,1-2H3,(H,11,13);1H. The second-order valence-electron chi connectivity index (χ2n) is 3.17. The van der Waals surface area contributed by atoms with Crippen LogP contribution in [0.1, 0.15) is 13.8 Å². The highest BCUT2D eigenvalue weighted by molar-refractivity contribution is 14.0. The van der Waals surface area contributed by atoms with E-state index < -0.39 is 6.09 Å². The van der Waals surface area contributed by atoms with Crippen molar-refractivity contribution in [3.8, 4) is 0 Å². The van der Waals surface area contributed by atoms with Crippen LogP contribution in [0.4, 0.5) is 4.79 Å². The van der Waals surface area contributed by atoms with Gasteiger partial charge in [-0.15, -0.1) is 24.0 Å². The zero-order valence-corrected chi connectivity index (χ0v) is 11.9. The fraction of sp³-hybridized carbons (Fsp3) is 0.778. The number of amides is 1. The summed E-state index contributed by atoms with van der Waals surface area (Å²) < 4.78 is 9.48. The highest BCUT2D eigenvalue weighted by Gasteiger charge is 2.08. The number of halogens is 1. The van der Waals surface area contributed by atoms with Crippen LogP contribution in [-0.2, 0) is 14.3 Å². The number of esters is 1. The first-order chi connectivity index (χ1) is 7.07. The highest BCUT2D eigenvalue weighted by atomic mass is 127. The predicted octanol–water partition coefficient (Wildman–Crippen LogP) is 0.489. The molecule has 0 aromatic rings. The third kappa shape index (κ3) is 9.97. The maximum atomic E-state index is 11.0. The number of nitrogens with one attached hydrogen (secondary N) is 1. The lowest BCUT2D eigenvalue weighted by molar-refractivity contribution is -0.148. The van der Waals surface area contributed by atoms with Crippen LogP contribution in [0.25, 0.3) is 0 Å². The number of rotatable bonds is 6. The Kier molecular flexibility index (Phi) is 12.2. The van der Waals surface area contributed by atoms with Crippen LogP contribution in [0.2, 0.25) is 0 Å². The van der Waals surface area contributed by atoms with Crippen molar-refractivity contribution in [2.45, 2.75) is 13.8 Å². The number of ether oxygens (including phenoxy) is 2. The van der Waals surface area contributed by atoms with Crippen LogP contribution in [-0.4, -0.2) is 38.4 Å². The Morgan fingerprint density at radius 2 is 1.81 bits per heavy atom. The van der Waals surface area contributed by atoms with E-state index in [0.29, 0.717) is 13.1 Å². The molecule has 6 nitrogen and oxygen atoms in total. The molecule has 96 valence electrons. The van der Waals surface area contributed by atoms with Gasteiger partial charge < -0.3 is 20.5 Å². The first kappa shape index (κ1) is 17.8. The van der Waals surface area contributed by atoms with E-state index in [1.165, 1.54) is 0 Å². The van der Waals surface area contributed by atoms with Crippen LogP contribution >= 0.6 is 24.0 Å². The van der Waals surface area contributed by atoms with E-state index in [9.17, 15) is 9.59 Å². The maximum Gasteiger partial charge on any atom is 0.407 e. The summed E-state index contributed by atoms with van der Waals surface area (Å²) in [6.07, 6.45) is -0.555. The minimum atomic E-state index is -0.555. The molecule has 0 atom stereocenters. The van der Waals surface area contributed by atoms with Crippen molar-refractivity contribution in [1.29, 1.82) is 0 Å². The topological polar surface area (TPSA) is 90.6 Å². The predicted molar refractivity (Wildman–Crippen MR) is 69.6 cm³/mol. The van der Waals surface area contributed by atoms with Gasteiger partial charge in [-0.05, 0) is 0 Å². The molecule has 16 heavy (non-hydrogen) atoms. The molecule has 0 bridgehead atoms. The molecule has 0 aliphatic carbocycles. The van der Waals surface area contributed by atoms with E-state index in [-0.39, 0.29) is 49.1 Å². The fourth-order valence-electron chi connectivity index (χ4n) is 0.669. The number of carbonyl (C=O) groups is 2. The van der Waals surface area contributed by atoms with Gasteiger partial charge in [0.25, 0.3) is 0 Å². The first-order valence-corrected chi connectivity index (χ1v) is 4.85. The van der Waals surface area contributed by atoms with Gasteiger partial charge in [0.05, 0.1) is 5.92 Å². The average molecular weight is 346 g/mol. The fourth-order valence-corrected chi connectivity index (χ4v) is 0.669. The van der Waals surface area contributed by atoms with E-state index in [1.807, 2.05) is 0 Å². The van der Waals surface area contributed by atoms with Crippen molar-refractivity contribution in [1.82, 2.24) is 5.32 Å². The van der Waals surface area contributed by atoms with Gasteiger partial charge in [-0.2, -0.15) is 0 Å². The van der Waals surface area contributed by atoms with Crippen molar-refractivity contribution in [2.24, 2.45) is 11.7 Å². The lowest BCUT2D eigenvalue weighted by Crippen LogP contribution is -2.30. The Morgan fingerprint density at radius 1 is 1.25 bits per heavy atom.